The minimum Gasteiger partial charge on any atom is -0.492 e. The minimum atomic E-state index is -0.0426. The van der Waals surface area contributed by atoms with Crippen molar-refractivity contribution in [2.75, 3.05) is 5.32 Å². The molecular formula is C18H14N4O. The van der Waals surface area contributed by atoms with Crippen LogP contribution in [0.25, 0.3) is 12.2 Å². The Morgan fingerprint density at radius 2 is 1.96 bits per heavy atom. The van der Waals surface area contributed by atoms with E-state index in [2.05, 4.69) is 20.3 Å². The van der Waals surface area contributed by atoms with Crippen LogP contribution in [0.3, 0.4) is 0 Å². The van der Waals surface area contributed by atoms with Gasteiger partial charge in [-0.3, -0.25) is 4.99 Å². The quantitative estimate of drug-likeness (QED) is 0.694. The molecule has 5 heteroatoms. The molecule has 0 radical (unpaired) electrons. The Morgan fingerprint density at radius 1 is 1.09 bits per heavy atom. The average molecular weight is 302 g/mol. The molecule has 0 aliphatic carbocycles. The van der Waals surface area contributed by atoms with Crippen LogP contribution in [0.4, 0.5) is 17.3 Å². The van der Waals surface area contributed by atoms with Crippen LogP contribution in [0.2, 0.25) is 0 Å². The van der Waals surface area contributed by atoms with E-state index in [1.54, 1.807) is 6.21 Å². The normalized spacial score (nSPS) is 13.0. The van der Waals surface area contributed by atoms with E-state index in [1.807, 2.05) is 60.7 Å². The van der Waals surface area contributed by atoms with Crippen molar-refractivity contribution in [3.05, 3.63) is 64.7 Å². The molecule has 23 heavy (non-hydrogen) atoms. The highest BCUT2D eigenvalue weighted by molar-refractivity contribution is 5.96. The zero-order valence-electron chi connectivity index (χ0n) is 12.2. The molecule has 112 valence electrons. The molecule has 1 aliphatic rings. The molecule has 3 aromatic rings. The van der Waals surface area contributed by atoms with Crippen LogP contribution in [0.15, 0.2) is 53.5 Å². The van der Waals surface area contributed by atoms with Gasteiger partial charge in [0.25, 0.3) is 0 Å². The number of nitrogens with one attached hydrogen (secondary N) is 2. The lowest BCUT2D eigenvalue weighted by molar-refractivity contribution is 0.455. The zero-order chi connectivity index (χ0) is 15.6. The molecule has 1 aromatic heterocycles. The number of aliphatic imine (C=N–C) groups is 1. The van der Waals surface area contributed by atoms with Crippen LogP contribution < -0.4 is 15.8 Å². The largest absolute Gasteiger partial charge is 0.492 e. The molecule has 1 aliphatic heterocycles. The predicted octanol–water partition coefficient (Wildman–Crippen LogP) is 2.18. The molecule has 0 spiro atoms. The lowest BCUT2D eigenvalue weighted by atomic mass is 10.2. The second kappa shape index (κ2) is 5.46. The third-order valence-electron chi connectivity index (χ3n) is 3.58. The highest BCUT2D eigenvalue weighted by atomic mass is 16.3. The highest BCUT2D eigenvalue weighted by Crippen LogP contribution is 2.20. The minimum absolute atomic E-state index is 0.0426. The second-order valence-electron chi connectivity index (χ2n) is 5.22. The molecule has 5 nitrogen and oxygen atoms in total. The van der Waals surface area contributed by atoms with Gasteiger partial charge in [-0.1, -0.05) is 30.3 Å². The van der Waals surface area contributed by atoms with Gasteiger partial charge in [0, 0.05) is 17.1 Å². The van der Waals surface area contributed by atoms with Gasteiger partial charge in [-0.05, 0) is 35.6 Å². The lowest BCUT2D eigenvalue weighted by Crippen LogP contribution is -2.06. The summed E-state index contributed by atoms with van der Waals surface area (Å²) < 4.78 is 0. The van der Waals surface area contributed by atoms with Crippen molar-refractivity contribution in [3.8, 4) is 5.88 Å². The van der Waals surface area contributed by atoms with E-state index in [-0.39, 0.29) is 5.88 Å². The van der Waals surface area contributed by atoms with E-state index in [0.29, 0.717) is 11.6 Å². The summed E-state index contributed by atoms with van der Waals surface area (Å²) in [6.07, 6.45) is 5.59. The monoisotopic (exact) mass is 302 g/mol. The van der Waals surface area contributed by atoms with Gasteiger partial charge in [0.05, 0.1) is 5.69 Å². The summed E-state index contributed by atoms with van der Waals surface area (Å²) in [5, 5.41) is 15.2. The summed E-state index contributed by atoms with van der Waals surface area (Å²) in [5.41, 5.74) is 2.38. The molecule has 0 bridgehead atoms. The van der Waals surface area contributed by atoms with Crippen molar-refractivity contribution in [1.82, 2.24) is 9.97 Å². The Balaban J connectivity index is 1.66. The number of aromatic hydroxyl groups is 1. The molecule has 0 fully saturated rings. The SMILES string of the molecule is Oc1nc(Nc2ccccc2)[nH]c1/C=c1\ccc2c(c1)N=CC=2. The van der Waals surface area contributed by atoms with Gasteiger partial charge in [-0.25, -0.2) is 0 Å². The number of aromatic nitrogens is 2. The van der Waals surface area contributed by atoms with Crippen LogP contribution in [0.1, 0.15) is 5.69 Å². The first-order valence-corrected chi connectivity index (χ1v) is 7.25. The van der Waals surface area contributed by atoms with E-state index in [0.717, 1.165) is 21.8 Å². The number of aromatic amines is 1. The van der Waals surface area contributed by atoms with Crippen molar-refractivity contribution in [2.45, 2.75) is 0 Å². The molecule has 0 amide bonds. The first-order chi connectivity index (χ1) is 11.3. The molecule has 0 atom stereocenters. The highest BCUT2D eigenvalue weighted by Gasteiger charge is 2.07. The van der Waals surface area contributed by atoms with Gasteiger partial charge in [0.2, 0.25) is 11.8 Å². The Bertz CT molecular complexity index is 1000. The van der Waals surface area contributed by atoms with Crippen LogP contribution in [0, 0.1) is 0 Å². The Morgan fingerprint density at radius 3 is 2.83 bits per heavy atom. The van der Waals surface area contributed by atoms with Crippen molar-refractivity contribution >= 4 is 35.7 Å². The maximum absolute atomic E-state index is 10.0. The predicted molar refractivity (Wildman–Crippen MR) is 91.9 cm³/mol. The maximum Gasteiger partial charge on any atom is 0.238 e. The number of fused-ring (bicyclic) bond motifs is 1. The van der Waals surface area contributed by atoms with Crippen LogP contribution >= 0.6 is 0 Å². The van der Waals surface area contributed by atoms with Crippen LogP contribution in [-0.2, 0) is 0 Å². The summed E-state index contributed by atoms with van der Waals surface area (Å²) in [7, 11) is 0. The Hall–Kier alpha value is -3.34. The van der Waals surface area contributed by atoms with Crippen molar-refractivity contribution in [3.63, 3.8) is 0 Å². The van der Waals surface area contributed by atoms with E-state index in [4.69, 9.17) is 0 Å². The first kappa shape index (κ1) is 13.3. The topological polar surface area (TPSA) is 73.3 Å². The number of H-pyrrole nitrogens is 1. The molecule has 0 saturated carbocycles. The van der Waals surface area contributed by atoms with Crippen molar-refractivity contribution in [1.29, 1.82) is 0 Å². The smallest absolute Gasteiger partial charge is 0.238 e. The van der Waals surface area contributed by atoms with Gasteiger partial charge < -0.3 is 15.4 Å². The first-order valence-electron chi connectivity index (χ1n) is 7.25. The number of hydrogen-bond donors (Lipinski definition) is 3. The van der Waals surface area contributed by atoms with E-state index in [9.17, 15) is 5.11 Å². The fraction of sp³-hybridized carbons (Fsp3) is 0. The summed E-state index contributed by atoms with van der Waals surface area (Å²) in [6.45, 7) is 0. The van der Waals surface area contributed by atoms with E-state index < -0.39 is 0 Å². The van der Waals surface area contributed by atoms with Gasteiger partial charge in [-0.2, -0.15) is 4.98 Å². The zero-order valence-corrected chi connectivity index (χ0v) is 12.2. The van der Waals surface area contributed by atoms with Crippen molar-refractivity contribution < 1.29 is 5.11 Å². The van der Waals surface area contributed by atoms with Crippen LogP contribution in [-0.4, -0.2) is 21.3 Å². The average Bonchev–Trinajstić information content (AvgIpc) is 3.15. The molecule has 2 aromatic carbocycles. The molecular weight excluding hydrogens is 288 g/mol. The van der Waals surface area contributed by atoms with Gasteiger partial charge in [0.15, 0.2) is 0 Å². The number of rotatable bonds is 3. The van der Waals surface area contributed by atoms with E-state index >= 15 is 0 Å². The third-order valence-corrected chi connectivity index (χ3v) is 3.58. The molecule has 3 N–H and O–H groups in total. The molecule has 2 heterocycles. The fourth-order valence-electron chi connectivity index (χ4n) is 2.46. The lowest BCUT2D eigenvalue weighted by Gasteiger charge is -2.00. The van der Waals surface area contributed by atoms with Gasteiger partial charge in [0.1, 0.15) is 5.69 Å². The van der Waals surface area contributed by atoms with Gasteiger partial charge >= 0.3 is 0 Å². The number of nitrogens with zero attached hydrogens (tertiary/aromatic N) is 2. The Labute approximate surface area is 132 Å². The number of imidazole rings is 1. The van der Waals surface area contributed by atoms with Crippen molar-refractivity contribution in [2.24, 2.45) is 4.99 Å². The summed E-state index contributed by atoms with van der Waals surface area (Å²) in [5.74, 6) is 0.450. The fourth-order valence-corrected chi connectivity index (χ4v) is 2.46. The van der Waals surface area contributed by atoms with Crippen LogP contribution in [0.5, 0.6) is 5.88 Å². The second-order valence-corrected chi connectivity index (χ2v) is 5.22. The number of anilines is 2. The summed E-state index contributed by atoms with van der Waals surface area (Å²) >= 11 is 0. The molecule has 4 rings (SSSR count). The van der Waals surface area contributed by atoms with Gasteiger partial charge in [-0.15, -0.1) is 0 Å². The summed E-state index contributed by atoms with van der Waals surface area (Å²) in [6, 6.07) is 15.6. The standard InChI is InChI=1S/C18H14N4O/c23-17-16(11-12-6-7-13-8-9-19-15(13)10-12)21-18(22-17)20-14-4-2-1-3-5-14/h1-11,23H,(H2,20,21,22)/b12-11+. The summed E-state index contributed by atoms with van der Waals surface area (Å²) in [4.78, 5) is 11.5. The maximum atomic E-state index is 10.0. The molecule has 0 saturated heterocycles. The molecule has 0 unspecified atom stereocenters. The third kappa shape index (κ3) is 2.72. The number of para-hydroxylation sites is 1. The van der Waals surface area contributed by atoms with E-state index in [1.165, 1.54) is 0 Å². The Kier molecular flexibility index (Phi) is 3.16. The number of benzene rings is 2. The number of hydrogen-bond acceptors (Lipinski definition) is 4.